The van der Waals surface area contributed by atoms with E-state index in [1.165, 1.54) is 0 Å². The van der Waals surface area contributed by atoms with Crippen LogP contribution < -0.4 is 4.90 Å². The highest BCUT2D eigenvalue weighted by atomic mass is 79.9. The first-order valence-corrected chi connectivity index (χ1v) is 6.52. The first-order valence-electron chi connectivity index (χ1n) is 4.52. The lowest BCUT2D eigenvalue weighted by Gasteiger charge is -2.35. The van der Waals surface area contributed by atoms with Gasteiger partial charge >= 0.3 is 0 Å². The Morgan fingerprint density at radius 2 is 2.57 bits per heavy atom. The van der Waals surface area contributed by atoms with Crippen molar-refractivity contribution in [2.45, 2.75) is 19.1 Å². The van der Waals surface area contributed by atoms with Gasteiger partial charge in [0.1, 0.15) is 5.51 Å². The molecule has 1 aromatic rings. The van der Waals surface area contributed by atoms with Crippen molar-refractivity contribution in [2.24, 2.45) is 0 Å². The standard InChI is InChI=1S/C8H12BrN3OS/c1-6-3-12(4-7(2-9)13-6)8-11-10-5-14-8/h5-7H,2-4H2,1H3. The van der Waals surface area contributed by atoms with Gasteiger partial charge in [-0.2, -0.15) is 0 Å². The van der Waals surface area contributed by atoms with Crippen LogP contribution in [0.15, 0.2) is 5.51 Å². The predicted octanol–water partition coefficient (Wildman–Crippen LogP) is 1.53. The molecule has 1 aliphatic rings. The van der Waals surface area contributed by atoms with Crippen molar-refractivity contribution in [3.63, 3.8) is 0 Å². The van der Waals surface area contributed by atoms with Gasteiger partial charge in [0.25, 0.3) is 0 Å². The number of hydrogen-bond donors (Lipinski definition) is 0. The Balaban J connectivity index is 2.05. The third-order valence-corrected chi connectivity index (χ3v) is 3.59. The van der Waals surface area contributed by atoms with Crippen molar-refractivity contribution in [1.29, 1.82) is 0 Å². The molecule has 0 aromatic carbocycles. The van der Waals surface area contributed by atoms with Crippen LogP contribution in [0.1, 0.15) is 6.92 Å². The lowest BCUT2D eigenvalue weighted by Crippen LogP contribution is -2.47. The Kier molecular flexibility index (Phi) is 3.35. The Morgan fingerprint density at radius 3 is 3.21 bits per heavy atom. The van der Waals surface area contributed by atoms with E-state index in [-0.39, 0.29) is 12.2 Å². The maximum atomic E-state index is 5.73. The lowest BCUT2D eigenvalue weighted by atomic mass is 10.2. The van der Waals surface area contributed by atoms with Crippen LogP contribution in [0.2, 0.25) is 0 Å². The highest BCUT2D eigenvalue weighted by Crippen LogP contribution is 2.21. The van der Waals surface area contributed by atoms with Crippen LogP contribution in [-0.4, -0.2) is 40.8 Å². The van der Waals surface area contributed by atoms with Crippen molar-refractivity contribution >= 4 is 32.4 Å². The van der Waals surface area contributed by atoms with Crippen molar-refractivity contribution in [2.75, 3.05) is 23.3 Å². The molecular weight excluding hydrogens is 266 g/mol. The second-order valence-electron chi connectivity index (χ2n) is 3.35. The van der Waals surface area contributed by atoms with Gasteiger partial charge in [-0.05, 0) is 6.92 Å². The van der Waals surface area contributed by atoms with E-state index in [4.69, 9.17) is 4.74 Å². The zero-order chi connectivity index (χ0) is 9.97. The first-order chi connectivity index (χ1) is 6.79. The molecule has 1 aromatic heterocycles. The zero-order valence-electron chi connectivity index (χ0n) is 7.89. The van der Waals surface area contributed by atoms with Gasteiger partial charge in [-0.1, -0.05) is 27.3 Å². The number of rotatable bonds is 2. The molecule has 4 nitrogen and oxygen atoms in total. The van der Waals surface area contributed by atoms with E-state index in [9.17, 15) is 0 Å². The average Bonchev–Trinajstić information content (AvgIpc) is 2.69. The molecule has 1 aliphatic heterocycles. The number of nitrogens with zero attached hydrogens (tertiary/aromatic N) is 3. The molecule has 0 spiro atoms. The molecule has 0 aliphatic carbocycles. The van der Waals surface area contributed by atoms with E-state index in [2.05, 4.69) is 38.0 Å². The Hall–Kier alpha value is -0.200. The molecule has 0 bridgehead atoms. The van der Waals surface area contributed by atoms with E-state index in [0.717, 1.165) is 23.6 Å². The van der Waals surface area contributed by atoms with E-state index in [0.29, 0.717) is 0 Å². The summed E-state index contributed by atoms with van der Waals surface area (Å²) in [5, 5.41) is 9.77. The third kappa shape index (κ3) is 2.24. The minimum Gasteiger partial charge on any atom is -0.371 e. The summed E-state index contributed by atoms with van der Waals surface area (Å²) in [7, 11) is 0. The van der Waals surface area contributed by atoms with Gasteiger partial charge in [-0.3, -0.25) is 0 Å². The third-order valence-electron chi connectivity index (χ3n) is 2.12. The van der Waals surface area contributed by atoms with Gasteiger partial charge in [0.15, 0.2) is 0 Å². The van der Waals surface area contributed by atoms with Crippen molar-refractivity contribution < 1.29 is 4.74 Å². The van der Waals surface area contributed by atoms with Crippen LogP contribution in [-0.2, 0) is 4.74 Å². The van der Waals surface area contributed by atoms with Gasteiger partial charge in [-0.25, -0.2) is 0 Å². The van der Waals surface area contributed by atoms with E-state index in [1.807, 2.05) is 0 Å². The fourth-order valence-electron chi connectivity index (χ4n) is 1.59. The van der Waals surface area contributed by atoms with Gasteiger partial charge < -0.3 is 9.64 Å². The molecule has 1 saturated heterocycles. The lowest BCUT2D eigenvalue weighted by molar-refractivity contribution is -0.00203. The summed E-state index contributed by atoms with van der Waals surface area (Å²) in [4.78, 5) is 2.23. The molecule has 0 amide bonds. The van der Waals surface area contributed by atoms with Crippen molar-refractivity contribution in [3.8, 4) is 0 Å². The molecule has 6 heteroatoms. The largest absolute Gasteiger partial charge is 0.371 e. The number of morpholine rings is 1. The summed E-state index contributed by atoms with van der Waals surface area (Å²) in [6.45, 7) is 3.88. The number of hydrogen-bond acceptors (Lipinski definition) is 5. The smallest absolute Gasteiger partial charge is 0.208 e. The summed E-state index contributed by atoms with van der Waals surface area (Å²) in [5.74, 6) is 0. The fourth-order valence-corrected chi connectivity index (χ4v) is 2.53. The van der Waals surface area contributed by atoms with E-state index >= 15 is 0 Å². The summed E-state index contributed by atoms with van der Waals surface area (Å²) in [6, 6.07) is 0. The second kappa shape index (κ2) is 4.55. The van der Waals surface area contributed by atoms with Gasteiger partial charge in [-0.15, -0.1) is 10.2 Å². The summed E-state index contributed by atoms with van der Waals surface area (Å²) in [6.07, 6.45) is 0.512. The molecule has 2 heterocycles. The van der Waals surface area contributed by atoms with Crippen molar-refractivity contribution in [3.05, 3.63) is 5.51 Å². The van der Waals surface area contributed by atoms with Crippen LogP contribution in [0.5, 0.6) is 0 Å². The average molecular weight is 278 g/mol. The summed E-state index contributed by atoms with van der Waals surface area (Å²) >= 11 is 5.02. The number of anilines is 1. The first kappa shape index (κ1) is 10.3. The van der Waals surface area contributed by atoms with Crippen LogP contribution in [0, 0.1) is 0 Å². The quantitative estimate of drug-likeness (QED) is 0.769. The molecular formula is C8H12BrN3OS. The molecule has 14 heavy (non-hydrogen) atoms. The second-order valence-corrected chi connectivity index (χ2v) is 4.81. The van der Waals surface area contributed by atoms with Crippen LogP contribution in [0.25, 0.3) is 0 Å². The number of alkyl halides is 1. The van der Waals surface area contributed by atoms with Crippen LogP contribution in [0.3, 0.4) is 0 Å². The van der Waals surface area contributed by atoms with Crippen molar-refractivity contribution in [1.82, 2.24) is 10.2 Å². The normalized spacial score (nSPS) is 28.0. The summed E-state index contributed by atoms with van der Waals surface area (Å²) in [5.41, 5.74) is 1.76. The fraction of sp³-hybridized carbons (Fsp3) is 0.750. The highest BCUT2D eigenvalue weighted by molar-refractivity contribution is 9.09. The molecule has 78 valence electrons. The maximum absolute atomic E-state index is 5.73. The molecule has 2 atom stereocenters. The van der Waals surface area contributed by atoms with Crippen LogP contribution in [0.4, 0.5) is 5.13 Å². The molecule has 2 rings (SSSR count). The van der Waals surface area contributed by atoms with E-state index < -0.39 is 0 Å². The van der Waals surface area contributed by atoms with Gasteiger partial charge in [0.05, 0.1) is 12.2 Å². The molecule has 0 saturated carbocycles. The SMILES string of the molecule is CC1CN(c2nncs2)CC(CBr)O1. The van der Waals surface area contributed by atoms with Gasteiger partial charge in [0, 0.05) is 18.4 Å². The highest BCUT2D eigenvalue weighted by Gasteiger charge is 2.25. The number of ether oxygens (including phenoxy) is 1. The number of halogens is 1. The minimum absolute atomic E-state index is 0.252. The Labute approximate surface area is 95.4 Å². The molecule has 2 unspecified atom stereocenters. The topological polar surface area (TPSA) is 38.2 Å². The Morgan fingerprint density at radius 1 is 1.71 bits per heavy atom. The molecule has 1 fully saturated rings. The maximum Gasteiger partial charge on any atom is 0.208 e. The molecule has 0 radical (unpaired) electrons. The molecule has 0 N–H and O–H groups in total. The van der Waals surface area contributed by atoms with E-state index in [1.54, 1.807) is 16.8 Å². The monoisotopic (exact) mass is 277 g/mol. The Bertz CT molecular complexity index is 282. The summed E-state index contributed by atoms with van der Waals surface area (Å²) < 4.78 is 5.73. The van der Waals surface area contributed by atoms with Crippen LogP contribution >= 0.6 is 27.3 Å². The predicted molar refractivity (Wildman–Crippen MR) is 60.3 cm³/mol. The van der Waals surface area contributed by atoms with Gasteiger partial charge in [0.2, 0.25) is 5.13 Å². The number of aromatic nitrogens is 2. The minimum atomic E-state index is 0.252. The zero-order valence-corrected chi connectivity index (χ0v) is 10.3.